The molecule has 2 aromatic heterocycles. The van der Waals surface area contributed by atoms with E-state index in [0.29, 0.717) is 37.3 Å². The summed E-state index contributed by atoms with van der Waals surface area (Å²) in [4.78, 5) is 21.7. The molecule has 0 saturated heterocycles. The van der Waals surface area contributed by atoms with E-state index in [9.17, 15) is 4.79 Å². The Morgan fingerprint density at radius 3 is 2.73 bits per heavy atom. The molecule has 0 saturated carbocycles. The Morgan fingerprint density at radius 2 is 2.05 bits per heavy atom. The number of nitrogens with two attached hydrogens (primary N) is 1. The largest absolute Gasteiger partial charge is 0.465 e. The van der Waals surface area contributed by atoms with Crippen molar-refractivity contribution in [2.45, 2.75) is 6.92 Å². The molecule has 5 nitrogen and oxygen atoms in total. The predicted molar refractivity (Wildman–Crippen MR) is 88.3 cm³/mol. The summed E-state index contributed by atoms with van der Waals surface area (Å²) in [6.45, 7) is 1.83. The minimum absolute atomic E-state index is 0.339. The monoisotopic (exact) mass is 333 g/mol. The van der Waals surface area contributed by atoms with Gasteiger partial charge in [-0.15, -0.1) is 11.3 Å². The Morgan fingerprint density at radius 1 is 1.32 bits per heavy atom. The minimum Gasteiger partial charge on any atom is -0.465 e. The van der Waals surface area contributed by atoms with Crippen LogP contribution in [0.25, 0.3) is 21.6 Å². The van der Waals surface area contributed by atoms with Crippen LogP contribution in [-0.2, 0) is 4.74 Å². The Labute approximate surface area is 135 Å². The first kappa shape index (κ1) is 14.7. The Hall–Kier alpha value is -2.18. The number of anilines is 1. The van der Waals surface area contributed by atoms with Gasteiger partial charge in [0.05, 0.1) is 28.9 Å². The number of aromatic nitrogens is 2. The van der Waals surface area contributed by atoms with E-state index in [-0.39, 0.29) is 0 Å². The van der Waals surface area contributed by atoms with Gasteiger partial charge in [0.15, 0.2) is 5.82 Å². The molecule has 1 aromatic carbocycles. The normalized spacial score (nSPS) is 10.9. The summed E-state index contributed by atoms with van der Waals surface area (Å²) in [7, 11) is 1.32. The number of rotatable bonds is 2. The highest BCUT2D eigenvalue weighted by Gasteiger charge is 2.21. The second-order valence-corrected chi connectivity index (χ2v) is 6.04. The zero-order chi connectivity index (χ0) is 15.9. The number of fused-ring (bicyclic) bond motifs is 1. The molecule has 0 aliphatic heterocycles. The number of carbonyl (C=O) groups excluding carboxylic acids is 1. The molecule has 0 fully saturated rings. The molecule has 0 aliphatic rings. The lowest BCUT2D eigenvalue weighted by atomic mass is 10.2. The topological polar surface area (TPSA) is 78.1 Å². The first-order valence-electron chi connectivity index (χ1n) is 6.42. The number of nitrogen functional groups attached to an aromatic ring is 1. The second-order valence-electron chi connectivity index (χ2n) is 4.63. The molecule has 0 amide bonds. The van der Waals surface area contributed by atoms with Gasteiger partial charge in [0.2, 0.25) is 0 Å². The highest BCUT2D eigenvalue weighted by Crippen LogP contribution is 2.36. The lowest BCUT2D eigenvalue weighted by molar-refractivity contribution is 0.0607. The van der Waals surface area contributed by atoms with Crippen molar-refractivity contribution in [1.29, 1.82) is 0 Å². The number of hydrogen-bond donors (Lipinski definition) is 1. The lowest BCUT2D eigenvalue weighted by Crippen LogP contribution is -2.02. The fourth-order valence-corrected chi connectivity index (χ4v) is 3.49. The van der Waals surface area contributed by atoms with Gasteiger partial charge >= 0.3 is 5.97 Å². The molecule has 3 rings (SSSR count). The third-order valence-corrected chi connectivity index (χ3v) is 4.66. The molecule has 2 N–H and O–H groups in total. The van der Waals surface area contributed by atoms with Gasteiger partial charge in [-0.1, -0.05) is 23.7 Å². The average Bonchev–Trinajstić information content (AvgIpc) is 2.84. The third-order valence-electron chi connectivity index (χ3n) is 3.25. The number of thiophene rings is 1. The van der Waals surface area contributed by atoms with Crippen molar-refractivity contribution < 1.29 is 9.53 Å². The van der Waals surface area contributed by atoms with Crippen molar-refractivity contribution in [2.75, 3.05) is 12.8 Å². The van der Waals surface area contributed by atoms with Crippen LogP contribution >= 0.6 is 22.9 Å². The van der Waals surface area contributed by atoms with E-state index in [0.717, 1.165) is 5.56 Å². The summed E-state index contributed by atoms with van der Waals surface area (Å²) >= 11 is 7.39. The van der Waals surface area contributed by atoms with E-state index in [1.807, 2.05) is 25.1 Å². The first-order valence-corrected chi connectivity index (χ1v) is 7.62. The number of nitrogens with zero attached hydrogens (tertiary/aromatic N) is 2. The number of benzene rings is 1. The highest BCUT2D eigenvalue weighted by molar-refractivity contribution is 7.21. The molecule has 0 unspecified atom stereocenters. The molecule has 7 heteroatoms. The second kappa shape index (κ2) is 5.55. The Kier molecular flexibility index (Phi) is 3.72. The standard InChI is InChI=1S/C15H12ClN3O2S/c1-7-10-11(17)12(15(20)21-2)22-14(10)19-13(18-7)8-5-3-4-6-9(8)16/h3-6H,17H2,1-2H3. The number of methoxy groups -OCH3 is 1. The van der Waals surface area contributed by atoms with Gasteiger partial charge in [-0.3, -0.25) is 0 Å². The first-order chi connectivity index (χ1) is 10.5. The molecule has 3 aromatic rings. The van der Waals surface area contributed by atoms with Crippen LogP contribution in [0.2, 0.25) is 5.02 Å². The van der Waals surface area contributed by atoms with E-state index in [1.165, 1.54) is 18.4 Å². The van der Waals surface area contributed by atoms with Crippen molar-refractivity contribution in [1.82, 2.24) is 9.97 Å². The quantitative estimate of drug-likeness (QED) is 0.724. The summed E-state index contributed by atoms with van der Waals surface area (Å²) in [5, 5.41) is 1.25. The fraction of sp³-hybridized carbons (Fsp3) is 0.133. The van der Waals surface area contributed by atoms with Gasteiger partial charge < -0.3 is 10.5 Å². The van der Waals surface area contributed by atoms with Gasteiger partial charge in [-0.25, -0.2) is 14.8 Å². The molecule has 0 aliphatic carbocycles. The highest BCUT2D eigenvalue weighted by atomic mass is 35.5. The van der Waals surface area contributed by atoms with Gasteiger partial charge in [-0.2, -0.15) is 0 Å². The van der Waals surface area contributed by atoms with Crippen molar-refractivity contribution in [3.63, 3.8) is 0 Å². The molecule has 0 atom stereocenters. The smallest absolute Gasteiger partial charge is 0.350 e. The average molecular weight is 334 g/mol. The van der Waals surface area contributed by atoms with Gasteiger partial charge in [0, 0.05) is 5.56 Å². The molecule has 0 bridgehead atoms. The maximum atomic E-state index is 11.8. The predicted octanol–water partition coefficient (Wildman–Crippen LogP) is 3.69. The van der Waals surface area contributed by atoms with Crippen LogP contribution in [0.1, 0.15) is 15.4 Å². The van der Waals surface area contributed by atoms with Crippen molar-refractivity contribution in [2.24, 2.45) is 0 Å². The van der Waals surface area contributed by atoms with Crippen molar-refractivity contribution >= 4 is 44.8 Å². The molecule has 0 spiro atoms. The van der Waals surface area contributed by atoms with E-state index in [4.69, 9.17) is 22.1 Å². The van der Waals surface area contributed by atoms with Crippen LogP contribution in [0.4, 0.5) is 5.69 Å². The number of carbonyl (C=O) groups is 1. The third kappa shape index (κ3) is 2.30. The number of halogens is 1. The minimum atomic E-state index is -0.473. The molecular weight excluding hydrogens is 322 g/mol. The number of ether oxygens (including phenoxy) is 1. The zero-order valence-corrected chi connectivity index (χ0v) is 13.5. The fourth-order valence-electron chi connectivity index (χ4n) is 2.20. The van der Waals surface area contributed by atoms with Gasteiger partial charge in [-0.05, 0) is 19.1 Å². The van der Waals surface area contributed by atoms with Crippen molar-refractivity contribution in [3.05, 3.63) is 39.9 Å². The van der Waals surface area contributed by atoms with E-state index in [2.05, 4.69) is 9.97 Å². The van der Waals surface area contributed by atoms with Crippen LogP contribution in [0, 0.1) is 6.92 Å². The summed E-state index contributed by atoms with van der Waals surface area (Å²) in [6.07, 6.45) is 0. The number of aryl methyl sites for hydroxylation is 1. The van der Waals surface area contributed by atoms with Crippen LogP contribution in [-0.4, -0.2) is 23.0 Å². The summed E-state index contributed by atoms with van der Waals surface area (Å²) in [5.41, 5.74) is 7.83. The zero-order valence-electron chi connectivity index (χ0n) is 11.9. The van der Waals surface area contributed by atoms with Gasteiger partial charge in [0.25, 0.3) is 0 Å². The molecular formula is C15H12ClN3O2S. The van der Waals surface area contributed by atoms with E-state index >= 15 is 0 Å². The van der Waals surface area contributed by atoms with Gasteiger partial charge in [0.1, 0.15) is 9.71 Å². The summed E-state index contributed by atoms with van der Waals surface area (Å²) < 4.78 is 4.74. The van der Waals surface area contributed by atoms with Crippen LogP contribution in [0.5, 0.6) is 0 Å². The molecule has 2 heterocycles. The van der Waals surface area contributed by atoms with Crippen LogP contribution < -0.4 is 5.73 Å². The summed E-state index contributed by atoms with van der Waals surface area (Å²) in [5.74, 6) is 0.0347. The SMILES string of the molecule is COC(=O)c1sc2nc(-c3ccccc3Cl)nc(C)c2c1N. The van der Waals surface area contributed by atoms with E-state index in [1.54, 1.807) is 6.07 Å². The van der Waals surface area contributed by atoms with Crippen LogP contribution in [0.3, 0.4) is 0 Å². The number of esters is 1. The maximum absolute atomic E-state index is 11.8. The summed E-state index contributed by atoms with van der Waals surface area (Å²) in [6, 6.07) is 7.34. The molecule has 0 radical (unpaired) electrons. The lowest BCUT2D eigenvalue weighted by Gasteiger charge is -2.05. The molecule has 112 valence electrons. The maximum Gasteiger partial charge on any atom is 0.350 e. The Balaban J connectivity index is 2.26. The van der Waals surface area contributed by atoms with Crippen molar-refractivity contribution in [3.8, 4) is 11.4 Å². The molecule has 22 heavy (non-hydrogen) atoms. The van der Waals surface area contributed by atoms with Crippen LogP contribution in [0.15, 0.2) is 24.3 Å². The Bertz CT molecular complexity index is 892. The van der Waals surface area contributed by atoms with E-state index < -0.39 is 5.97 Å². The number of hydrogen-bond acceptors (Lipinski definition) is 6.